The molecule has 1 aliphatic carbocycles. The maximum atomic E-state index is 13.5. The fraction of sp³-hybridized carbons (Fsp3) is 0.276. The van der Waals surface area contributed by atoms with Crippen LogP contribution in [0.5, 0.6) is 0 Å². The van der Waals surface area contributed by atoms with Crippen molar-refractivity contribution in [3.05, 3.63) is 93.5 Å². The Hall–Kier alpha value is -3.89. The number of aromatic nitrogens is 2. The third-order valence-electron chi connectivity index (χ3n) is 6.53. The molecule has 10 heteroatoms. The van der Waals surface area contributed by atoms with E-state index >= 15 is 0 Å². The van der Waals surface area contributed by atoms with Gasteiger partial charge in [0.05, 0.1) is 5.92 Å². The van der Waals surface area contributed by atoms with Crippen LogP contribution in [0, 0.1) is 15.8 Å². The summed E-state index contributed by atoms with van der Waals surface area (Å²) in [5.74, 6) is -1.26. The van der Waals surface area contributed by atoms with E-state index in [4.69, 9.17) is 12.2 Å². The van der Waals surface area contributed by atoms with Gasteiger partial charge in [0.1, 0.15) is 6.04 Å². The maximum absolute atomic E-state index is 13.5. The van der Waals surface area contributed by atoms with Gasteiger partial charge >= 0.3 is 0 Å². The van der Waals surface area contributed by atoms with Crippen LogP contribution in [0.1, 0.15) is 49.0 Å². The van der Waals surface area contributed by atoms with Gasteiger partial charge < -0.3 is 10.6 Å². The van der Waals surface area contributed by atoms with Crippen LogP contribution in [0.3, 0.4) is 0 Å². The number of benzene rings is 2. The Bertz CT molecular complexity index is 1440. The van der Waals surface area contributed by atoms with E-state index in [1.807, 2.05) is 56.3 Å². The minimum absolute atomic E-state index is 0.134. The Kier molecular flexibility index (Phi) is 9.21. The molecule has 39 heavy (non-hydrogen) atoms. The minimum atomic E-state index is -0.777. The van der Waals surface area contributed by atoms with Crippen LogP contribution in [0.4, 0.5) is 10.8 Å². The summed E-state index contributed by atoms with van der Waals surface area (Å²) in [5.41, 5.74) is 2.94. The lowest BCUT2D eigenvalue weighted by atomic mass is 9.80. The molecule has 2 aromatic carbocycles. The first kappa shape index (κ1) is 28.1. The van der Waals surface area contributed by atoms with Crippen LogP contribution in [0.25, 0.3) is 0 Å². The number of anilines is 2. The fourth-order valence-electron chi connectivity index (χ4n) is 4.43. The standard InChI is InChI=1S/C29H31N5O3S2/c1-17(2)24(27(37)32-28-33-34-29(38)39-28)31-25(35)20-13-15-21(16-14-20)30-26(36)23(19-10-5-4-6-11-19)22-12-8-7-9-18(22)3/h4-8,10-18,23-24H,9H2,1-3H3,(H,30,36)(H,31,35)(H,34,38)(H,32,33,37)/t18?,23?,24-/m0/s1. The summed E-state index contributed by atoms with van der Waals surface area (Å²) in [6.07, 6.45) is 7.03. The van der Waals surface area contributed by atoms with Crippen molar-refractivity contribution < 1.29 is 14.4 Å². The number of hydrogen-bond donors (Lipinski definition) is 4. The quantitative estimate of drug-likeness (QED) is 0.245. The van der Waals surface area contributed by atoms with Crippen molar-refractivity contribution in [2.75, 3.05) is 10.6 Å². The van der Waals surface area contributed by atoms with E-state index in [1.165, 1.54) is 0 Å². The Morgan fingerprint density at radius 3 is 2.36 bits per heavy atom. The first-order chi connectivity index (χ1) is 18.7. The maximum Gasteiger partial charge on any atom is 0.251 e. The highest BCUT2D eigenvalue weighted by Gasteiger charge is 2.29. The van der Waals surface area contributed by atoms with E-state index in [1.54, 1.807) is 24.3 Å². The first-order valence-corrected chi connectivity index (χ1v) is 13.9. The number of carbonyl (C=O) groups is 3. The monoisotopic (exact) mass is 561 g/mol. The number of hydrogen-bond acceptors (Lipinski definition) is 6. The SMILES string of the molecule is CC1CC=CC=C1C(C(=O)Nc1ccc(C(=O)N[C@H](C(=O)Nc2n[nH]c(=S)s2)C(C)C)cc1)c1ccccc1. The van der Waals surface area contributed by atoms with Gasteiger partial charge in [0.25, 0.3) is 5.91 Å². The highest BCUT2D eigenvalue weighted by molar-refractivity contribution is 7.73. The third-order valence-corrected chi connectivity index (χ3v) is 7.54. The van der Waals surface area contributed by atoms with Gasteiger partial charge in [0, 0.05) is 11.3 Å². The summed E-state index contributed by atoms with van der Waals surface area (Å²) < 4.78 is 0.444. The number of H-pyrrole nitrogens is 1. The van der Waals surface area contributed by atoms with Gasteiger partial charge in [-0.1, -0.05) is 86.2 Å². The second kappa shape index (κ2) is 12.8. The molecule has 3 aromatic rings. The molecule has 2 unspecified atom stereocenters. The molecule has 3 amide bonds. The second-order valence-corrected chi connectivity index (χ2v) is 11.4. The molecule has 0 saturated carbocycles. The molecule has 3 atom stereocenters. The van der Waals surface area contributed by atoms with Gasteiger partial charge in [0.2, 0.25) is 16.9 Å². The molecule has 4 N–H and O–H groups in total. The summed E-state index contributed by atoms with van der Waals surface area (Å²) in [5, 5.41) is 15.4. The Balaban J connectivity index is 1.45. The molecule has 0 bridgehead atoms. The van der Waals surface area contributed by atoms with E-state index in [0.717, 1.165) is 28.9 Å². The zero-order chi connectivity index (χ0) is 27.9. The molecule has 0 fully saturated rings. The highest BCUT2D eigenvalue weighted by Crippen LogP contribution is 2.34. The van der Waals surface area contributed by atoms with Gasteiger partial charge in [-0.3, -0.25) is 24.8 Å². The Labute approximate surface area is 236 Å². The van der Waals surface area contributed by atoms with Gasteiger partial charge in [-0.15, -0.1) is 5.10 Å². The number of allylic oxidation sites excluding steroid dienone is 3. The van der Waals surface area contributed by atoms with E-state index in [9.17, 15) is 14.4 Å². The average Bonchev–Trinajstić information content (AvgIpc) is 3.33. The lowest BCUT2D eigenvalue weighted by molar-refractivity contribution is -0.119. The van der Waals surface area contributed by atoms with Crippen molar-refractivity contribution in [2.45, 2.75) is 39.2 Å². The number of nitrogens with zero attached hydrogens (tertiary/aromatic N) is 1. The number of aromatic amines is 1. The Morgan fingerprint density at radius 1 is 1.03 bits per heavy atom. The molecular weight excluding hydrogens is 530 g/mol. The van der Waals surface area contributed by atoms with Crippen molar-refractivity contribution in [3.63, 3.8) is 0 Å². The van der Waals surface area contributed by atoms with Crippen LogP contribution in [-0.4, -0.2) is 34.0 Å². The normalized spacial score (nSPS) is 16.2. The molecule has 1 aliphatic rings. The topological polar surface area (TPSA) is 116 Å². The molecular formula is C29H31N5O3S2. The fourth-order valence-corrected chi connectivity index (χ4v) is 5.22. The van der Waals surface area contributed by atoms with Gasteiger partial charge in [-0.05, 0) is 60.3 Å². The van der Waals surface area contributed by atoms with Crippen LogP contribution in [-0.2, 0) is 9.59 Å². The smallest absolute Gasteiger partial charge is 0.251 e. The van der Waals surface area contributed by atoms with Crippen molar-refractivity contribution in [2.24, 2.45) is 11.8 Å². The summed E-state index contributed by atoms with van der Waals surface area (Å²) in [6, 6.07) is 15.6. The molecule has 202 valence electrons. The van der Waals surface area contributed by atoms with Crippen LogP contribution >= 0.6 is 23.6 Å². The minimum Gasteiger partial charge on any atom is -0.340 e. The van der Waals surface area contributed by atoms with Crippen molar-refractivity contribution in [1.29, 1.82) is 0 Å². The lowest BCUT2D eigenvalue weighted by Crippen LogP contribution is -2.47. The predicted molar refractivity (Wildman–Crippen MR) is 157 cm³/mol. The van der Waals surface area contributed by atoms with Crippen molar-refractivity contribution >= 4 is 52.1 Å². The van der Waals surface area contributed by atoms with Crippen molar-refractivity contribution in [1.82, 2.24) is 15.5 Å². The van der Waals surface area contributed by atoms with Gasteiger partial charge in [-0.2, -0.15) is 0 Å². The lowest BCUT2D eigenvalue weighted by Gasteiger charge is -2.26. The van der Waals surface area contributed by atoms with E-state index in [0.29, 0.717) is 20.3 Å². The third kappa shape index (κ3) is 7.15. The molecule has 0 saturated heterocycles. The molecule has 0 spiro atoms. The zero-order valence-electron chi connectivity index (χ0n) is 21.9. The Morgan fingerprint density at radius 2 is 1.74 bits per heavy atom. The number of amides is 3. The average molecular weight is 562 g/mol. The highest BCUT2D eigenvalue weighted by atomic mass is 32.1. The molecule has 8 nitrogen and oxygen atoms in total. The number of rotatable bonds is 9. The van der Waals surface area contributed by atoms with E-state index in [-0.39, 0.29) is 23.7 Å². The zero-order valence-corrected chi connectivity index (χ0v) is 23.6. The molecule has 0 aliphatic heterocycles. The van der Waals surface area contributed by atoms with Crippen molar-refractivity contribution in [3.8, 4) is 0 Å². The number of nitrogens with one attached hydrogen (secondary N) is 4. The predicted octanol–water partition coefficient (Wildman–Crippen LogP) is 5.84. The summed E-state index contributed by atoms with van der Waals surface area (Å²) in [6.45, 7) is 5.82. The summed E-state index contributed by atoms with van der Waals surface area (Å²) in [4.78, 5) is 39.2. The van der Waals surface area contributed by atoms with Crippen LogP contribution in [0.2, 0.25) is 0 Å². The van der Waals surface area contributed by atoms with Gasteiger partial charge in [0.15, 0.2) is 3.95 Å². The van der Waals surface area contributed by atoms with Crippen LogP contribution < -0.4 is 16.0 Å². The van der Waals surface area contributed by atoms with E-state index < -0.39 is 17.9 Å². The second-order valence-electron chi connectivity index (χ2n) is 9.74. The first-order valence-electron chi connectivity index (χ1n) is 12.7. The largest absolute Gasteiger partial charge is 0.340 e. The van der Waals surface area contributed by atoms with Crippen LogP contribution in [0.15, 0.2) is 78.4 Å². The number of carbonyl (C=O) groups excluding carboxylic acids is 3. The molecule has 4 rings (SSSR count). The molecule has 1 heterocycles. The van der Waals surface area contributed by atoms with Gasteiger partial charge in [-0.25, -0.2) is 0 Å². The van der Waals surface area contributed by atoms with E-state index in [2.05, 4.69) is 39.1 Å². The summed E-state index contributed by atoms with van der Waals surface area (Å²) in [7, 11) is 0. The summed E-state index contributed by atoms with van der Waals surface area (Å²) >= 11 is 6.14. The molecule has 0 radical (unpaired) electrons. The molecule has 1 aromatic heterocycles.